The molecular formula is C22H21F4N5. The summed E-state index contributed by atoms with van der Waals surface area (Å²) < 4.78 is 57.5. The number of nitrogens with one attached hydrogen (secondary N) is 1. The average molecular weight is 431 g/mol. The molecule has 0 bridgehead atoms. The van der Waals surface area contributed by atoms with Gasteiger partial charge in [-0.1, -0.05) is 0 Å². The van der Waals surface area contributed by atoms with Crippen LogP contribution in [-0.4, -0.2) is 34.1 Å². The molecular weight excluding hydrogens is 410 g/mol. The quantitative estimate of drug-likeness (QED) is 0.584. The topological polar surface area (TPSA) is 53.9 Å². The minimum atomic E-state index is -3.45. The molecule has 3 heterocycles. The van der Waals surface area contributed by atoms with E-state index < -0.39 is 29.0 Å². The van der Waals surface area contributed by atoms with Gasteiger partial charge in [0.1, 0.15) is 17.2 Å². The molecule has 9 heteroatoms. The van der Waals surface area contributed by atoms with Crippen LogP contribution in [0.15, 0.2) is 36.7 Å². The number of nitrogens with zero attached hydrogens (tertiary/aromatic N) is 4. The Balaban J connectivity index is 1.39. The van der Waals surface area contributed by atoms with E-state index in [0.717, 1.165) is 25.0 Å². The highest BCUT2D eigenvalue weighted by atomic mass is 19.3. The molecule has 31 heavy (non-hydrogen) atoms. The molecule has 1 aliphatic heterocycles. The molecule has 2 aliphatic rings. The lowest BCUT2D eigenvalue weighted by atomic mass is 9.86. The van der Waals surface area contributed by atoms with E-state index in [2.05, 4.69) is 15.3 Å². The van der Waals surface area contributed by atoms with Gasteiger partial charge in [-0.05, 0) is 49.9 Å². The lowest BCUT2D eigenvalue weighted by Crippen LogP contribution is -2.40. The van der Waals surface area contributed by atoms with Gasteiger partial charge in [-0.25, -0.2) is 27.5 Å². The van der Waals surface area contributed by atoms with Gasteiger partial charge in [-0.3, -0.25) is 4.98 Å². The second-order valence-corrected chi connectivity index (χ2v) is 8.19. The van der Waals surface area contributed by atoms with Crippen molar-refractivity contribution in [1.82, 2.24) is 15.0 Å². The molecule has 0 unspecified atom stereocenters. The van der Waals surface area contributed by atoms with Gasteiger partial charge in [0.25, 0.3) is 5.92 Å². The van der Waals surface area contributed by atoms with E-state index in [-0.39, 0.29) is 12.8 Å². The van der Waals surface area contributed by atoms with Crippen molar-refractivity contribution in [2.24, 2.45) is 5.92 Å². The monoisotopic (exact) mass is 431 g/mol. The number of rotatable bonds is 5. The number of piperidine rings is 1. The highest BCUT2D eigenvalue weighted by molar-refractivity contribution is 5.80. The maximum atomic E-state index is 15.0. The number of alkyl halides is 2. The molecule has 5 nitrogen and oxygen atoms in total. The van der Waals surface area contributed by atoms with E-state index in [1.807, 2.05) is 4.90 Å². The highest BCUT2D eigenvalue weighted by Crippen LogP contribution is 2.43. The Labute approximate surface area is 176 Å². The fraction of sp³-hybridized carbons (Fsp3) is 0.409. The first-order valence-corrected chi connectivity index (χ1v) is 10.4. The third kappa shape index (κ3) is 3.88. The summed E-state index contributed by atoms with van der Waals surface area (Å²) in [6, 6.07) is 4.33. The van der Waals surface area contributed by atoms with E-state index in [1.165, 1.54) is 0 Å². The highest BCUT2D eigenvalue weighted by Gasteiger charge is 2.45. The normalized spacial score (nSPS) is 17.9. The number of pyridine rings is 1. The molecule has 162 valence electrons. The van der Waals surface area contributed by atoms with Crippen LogP contribution in [0.3, 0.4) is 0 Å². The Hall–Kier alpha value is -2.97. The third-order valence-electron chi connectivity index (χ3n) is 5.96. The minimum Gasteiger partial charge on any atom is -0.364 e. The van der Waals surface area contributed by atoms with Gasteiger partial charge in [0.2, 0.25) is 0 Å². The lowest BCUT2D eigenvalue weighted by molar-refractivity contribution is -0.0763. The first-order valence-electron chi connectivity index (χ1n) is 10.4. The van der Waals surface area contributed by atoms with Crippen LogP contribution in [0.4, 0.5) is 29.2 Å². The summed E-state index contributed by atoms with van der Waals surface area (Å²) in [4.78, 5) is 15.4. The Kier molecular flexibility index (Phi) is 4.91. The van der Waals surface area contributed by atoms with Crippen LogP contribution in [0.2, 0.25) is 0 Å². The van der Waals surface area contributed by atoms with Crippen molar-refractivity contribution in [3.8, 4) is 0 Å². The molecule has 3 aromatic rings. The van der Waals surface area contributed by atoms with Crippen LogP contribution in [0.25, 0.3) is 11.0 Å². The molecule has 1 aromatic carbocycles. The lowest BCUT2D eigenvalue weighted by Gasteiger charge is -2.37. The predicted octanol–water partition coefficient (Wildman–Crippen LogP) is 4.89. The zero-order valence-electron chi connectivity index (χ0n) is 16.7. The van der Waals surface area contributed by atoms with Crippen LogP contribution in [-0.2, 0) is 5.92 Å². The van der Waals surface area contributed by atoms with E-state index in [9.17, 15) is 8.78 Å². The Morgan fingerprint density at radius 1 is 0.968 bits per heavy atom. The molecule has 1 saturated heterocycles. The largest absolute Gasteiger partial charge is 0.364 e. The molecule has 1 aliphatic carbocycles. The van der Waals surface area contributed by atoms with Crippen molar-refractivity contribution in [2.45, 2.75) is 37.6 Å². The number of hydrogen-bond donors (Lipinski definition) is 1. The zero-order chi connectivity index (χ0) is 21.6. The maximum Gasteiger partial charge on any atom is 0.279 e. The van der Waals surface area contributed by atoms with E-state index in [0.29, 0.717) is 47.9 Å². The molecule has 2 aromatic heterocycles. The van der Waals surface area contributed by atoms with Crippen molar-refractivity contribution >= 4 is 22.7 Å². The van der Waals surface area contributed by atoms with Crippen molar-refractivity contribution in [2.75, 3.05) is 23.3 Å². The molecule has 2 fully saturated rings. The Bertz CT molecular complexity index is 1110. The SMILES string of the molecule is Fc1ccc(F)c(C(F)(F)C2CCN(c3nc4cnccc4nc3NC3CC3)CC2)c1. The molecule has 5 rings (SSSR count). The first-order chi connectivity index (χ1) is 14.9. The molecule has 1 saturated carbocycles. The summed E-state index contributed by atoms with van der Waals surface area (Å²) in [5.74, 6) is -5.24. The number of halogens is 4. The van der Waals surface area contributed by atoms with E-state index >= 15 is 8.78 Å². The van der Waals surface area contributed by atoms with Gasteiger partial charge in [-0.2, -0.15) is 0 Å². The van der Waals surface area contributed by atoms with Crippen LogP contribution in [0.1, 0.15) is 31.2 Å². The van der Waals surface area contributed by atoms with Crippen molar-refractivity contribution in [3.05, 3.63) is 53.9 Å². The van der Waals surface area contributed by atoms with Crippen LogP contribution < -0.4 is 10.2 Å². The third-order valence-corrected chi connectivity index (χ3v) is 5.96. The molecule has 0 radical (unpaired) electrons. The van der Waals surface area contributed by atoms with Crippen LogP contribution in [0.5, 0.6) is 0 Å². The summed E-state index contributed by atoms with van der Waals surface area (Å²) in [5.41, 5.74) is 0.469. The summed E-state index contributed by atoms with van der Waals surface area (Å²) >= 11 is 0. The predicted molar refractivity (Wildman–Crippen MR) is 109 cm³/mol. The fourth-order valence-electron chi connectivity index (χ4n) is 4.06. The van der Waals surface area contributed by atoms with Gasteiger partial charge in [-0.15, -0.1) is 0 Å². The number of aromatic nitrogens is 3. The summed E-state index contributed by atoms with van der Waals surface area (Å²) in [7, 11) is 0. The van der Waals surface area contributed by atoms with Crippen LogP contribution in [0, 0.1) is 17.6 Å². The number of fused-ring (bicyclic) bond motifs is 1. The van der Waals surface area contributed by atoms with Crippen molar-refractivity contribution in [3.63, 3.8) is 0 Å². The molecule has 0 spiro atoms. The molecule has 1 N–H and O–H groups in total. The smallest absolute Gasteiger partial charge is 0.279 e. The number of hydrogen-bond acceptors (Lipinski definition) is 5. The van der Waals surface area contributed by atoms with Gasteiger partial charge in [0.15, 0.2) is 11.6 Å². The first kappa shape index (κ1) is 20.0. The van der Waals surface area contributed by atoms with Gasteiger partial charge >= 0.3 is 0 Å². The minimum absolute atomic E-state index is 0.124. The maximum absolute atomic E-state index is 15.0. The Morgan fingerprint density at radius 2 is 1.74 bits per heavy atom. The standard InChI is InChI=1S/C22H21F4N5/c23-14-1-4-17(24)16(11-14)22(25,26)13-6-9-31(10-7-13)21-20(28-15-2-3-15)29-18-5-8-27-12-19(18)30-21/h1,4-5,8,11-13,15H,2-3,6-7,9-10H2,(H,28,29). The van der Waals surface area contributed by atoms with E-state index in [1.54, 1.807) is 18.5 Å². The fourth-order valence-corrected chi connectivity index (χ4v) is 4.06. The van der Waals surface area contributed by atoms with Crippen molar-refractivity contribution < 1.29 is 17.6 Å². The molecule has 0 amide bonds. The summed E-state index contributed by atoms with van der Waals surface area (Å²) in [6.07, 6.45) is 5.64. The number of benzene rings is 1. The summed E-state index contributed by atoms with van der Waals surface area (Å²) in [6.45, 7) is 0.633. The second-order valence-electron chi connectivity index (χ2n) is 8.19. The van der Waals surface area contributed by atoms with Gasteiger partial charge < -0.3 is 10.2 Å². The van der Waals surface area contributed by atoms with E-state index in [4.69, 9.17) is 4.98 Å². The second kappa shape index (κ2) is 7.62. The zero-order valence-corrected chi connectivity index (χ0v) is 16.7. The average Bonchev–Trinajstić information content (AvgIpc) is 3.59. The van der Waals surface area contributed by atoms with Crippen LogP contribution >= 0.6 is 0 Å². The van der Waals surface area contributed by atoms with Gasteiger partial charge in [0.05, 0.1) is 17.3 Å². The number of anilines is 2. The molecule has 0 atom stereocenters. The Morgan fingerprint density at radius 3 is 2.48 bits per heavy atom. The van der Waals surface area contributed by atoms with Gasteiger partial charge in [0, 0.05) is 31.2 Å². The summed E-state index contributed by atoms with van der Waals surface area (Å²) in [5, 5.41) is 3.38. The van der Waals surface area contributed by atoms with Crippen molar-refractivity contribution in [1.29, 1.82) is 0 Å².